The molecule has 1 fully saturated rings. The van der Waals surface area contributed by atoms with Crippen LogP contribution in [0, 0.1) is 0 Å². The van der Waals surface area contributed by atoms with Gasteiger partial charge < -0.3 is 25.8 Å². The third-order valence-corrected chi connectivity index (χ3v) is 2.18. The van der Waals surface area contributed by atoms with Crippen LogP contribution in [0.4, 0.5) is 0 Å². The van der Waals surface area contributed by atoms with Crippen LogP contribution in [0.3, 0.4) is 0 Å². The zero-order valence-electron chi connectivity index (χ0n) is 6.92. The summed E-state index contributed by atoms with van der Waals surface area (Å²) in [6.07, 6.45) is -4.37. The van der Waals surface area contributed by atoms with Crippen molar-refractivity contribution >= 4 is 0 Å². The van der Waals surface area contributed by atoms with Gasteiger partial charge in [0.1, 0.15) is 18.3 Å². The first-order chi connectivity index (χ1) is 5.57. The van der Waals surface area contributed by atoms with E-state index in [9.17, 15) is 15.3 Å². The van der Waals surface area contributed by atoms with Crippen LogP contribution in [-0.2, 0) is 4.74 Å². The molecule has 72 valence electrons. The molecule has 5 heteroatoms. The Bertz CT molecular complexity index is 150. The maximum atomic E-state index is 9.31. The predicted molar refractivity (Wildman–Crippen MR) is 41.4 cm³/mol. The molecule has 0 radical (unpaired) electrons. The smallest absolute Gasteiger partial charge is 0.111 e. The summed E-state index contributed by atoms with van der Waals surface area (Å²) >= 11 is 0. The van der Waals surface area contributed by atoms with E-state index in [1.54, 1.807) is 6.92 Å². The van der Waals surface area contributed by atoms with Gasteiger partial charge in [-0.1, -0.05) is 0 Å². The Morgan fingerprint density at radius 2 is 1.75 bits per heavy atom. The molecule has 0 unspecified atom stereocenters. The van der Waals surface area contributed by atoms with Crippen molar-refractivity contribution in [3.8, 4) is 0 Å². The van der Waals surface area contributed by atoms with E-state index in [0.29, 0.717) is 0 Å². The van der Waals surface area contributed by atoms with Crippen molar-refractivity contribution in [1.29, 1.82) is 0 Å². The van der Waals surface area contributed by atoms with E-state index < -0.39 is 30.5 Å². The SMILES string of the molecule is C[C@@H]1O[C@H](CN)[C@@H](O)[C@H](O)[C@@H]1O. The molecule has 5 atom stereocenters. The molecule has 0 aromatic rings. The van der Waals surface area contributed by atoms with Crippen molar-refractivity contribution in [1.82, 2.24) is 0 Å². The molecule has 1 aliphatic rings. The lowest BCUT2D eigenvalue weighted by molar-refractivity contribution is -0.213. The van der Waals surface area contributed by atoms with Gasteiger partial charge in [0, 0.05) is 6.54 Å². The molecule has 1 saturated heterocycles. The summed E-state index contributed by atoms with van der Waals surface area (Å²) in [5.74, 6) is 0. The largest absolute Gasteiger partial charge is 0.388 e. The standard InChI is InChI=1S/C7H15NO4/c1-3-5(9)7(11)6(10)4(2-8)12-3/h3-7,9-11H,2,8H2,1H3/t3-,4+,5+,6+,7+/m0/s1. The number of aliphatic hydroxyl groups is 3. The van der Waals surface area contributed by atoms with Crippen molar-refractivity contribution in [3.63, 3.8) is 0 Å². The third-order valence-electron chi connectivity index (χ3n) is 2.18. The van der Waals surface area contributed by atoms with E-state index in [1.807, 2.05) is 0 Å². The maximum absolute atomic E-state index is 9.31. The topological polar surface area (TPSA) is 95.9 Å². The summed E-state index contributed by atoms with van der Waals surface area (Å²) in [4.78, 5) is 0. The van der Waals surface area contributed by atoms with Crippen LogP contribution in [0.25, 0.3) is 0 Å². The molecule has 0 aliphatic carbocycles. The molecule has 0 amide bonds. The summed E-state index contributed by atoms with van der Waals surface area (Å²) in [6, 6.07) is 0. The van der Waals surface area contributed by atoms with Crippen LogP contribution in [0.1, 0.15) is 6.92 Å². The fourth-order valence-corrected chi connectivity index (χ4v) is 1.33. The molecule has 5 N–H and O–H groups in total. The highest BCUT2D eigenvalue weighted by Gasteiger charge is 2.40. The Morgan fingerprint density at radius 3 is 2.25 bits per heavy atom. The second-order valence-corrected chi connectivity index (χ2v) is 3.09. The van der Waals surface area contributed by atoms with Crippen LogP contribution < -0.4 is 5.73 Å². The highest BCUT2D eigenvalue weighted by atomic mass is 16.5. The normalized spacial score (nSPS) is 49.2. The summed E-state index contributed by atoms with van der Waals surface area (Å²) in [5.41, 5.74) is 5.29. The van der Waals surface area contributed by atoms with Gasteiger partial charge in [0.15, 0.2) is 0 Å². The maximum Gasteiger partial charge on any atom is 0.111 e. The first-order valence-electron chi connectivity index (χ1n) is 3.97. The van der Waals surface area contributed by atoms with Crippen LogP contribution in [0.2, 0.25) is 0 Å². The Balaban J connectivity index is 2.63. The van der Waals surface area contributed by atoms with E-state index in [2.05, 4.69) is 0 Å². The Morgan fingerprint density at radius 1 is 1.17 bits per heavy atom. The number of rotatable bonds is 1. The number of aliphatic hydroxyl groups excluding tert-OH is 3. The van der Waals surface area contributed by atoms with Crippen LogP contribution in [0.5, 0.6) is 0 Å². The first-order valence-corrected chi connectivity index (χ1v) is 3.97. The molecule has 0 spiro atoms. The van der Waals surface area contributed by atoms with E-state index in [4.69, 9.17) is 10.5 Å². The zero-order chi connectivity index (χ0) is 9.30. The second-order valence-electron chi connectivity index (χ2n) is 3.09. The molecule has 1 heterocycles. The number of hydrogen-bond donors (Lipinski definition) is 4. The summed E-state index contributed by atoms with van der Waals surface area (Å²) in [5, 5.41) is 27.8. The van der Waals surface area contributed by atoms with Gasteiger partial charge in [-0.25, -0.2) is 0 Å². The van der Waals surface area contributed by atoms with Crippen molar-refractivity contribution in [2.45, 2.75) is 37.4 Å². The van der Waals surface area contributed by atoms with E-state index >= 15 is 0 Å². The minimum Gasteiger partial charge on any atom is -0.388 e. The molecule has 0 saturated carbocycles. The molecule has 0 aromatic carbocycles. The molecule has 1 aliphatic heterocycles. The van der Waals surface area contributed by atoms with Gasteiger partial charge in [0.25, 0.3) is 0 Å². The fraction of sp³-hybridized carbons (Fsp3) is 1.00. The Kier molecular flexibility index (Phi) is 3.03. The zero-order valence-corrected chi connectivity index (χ0v) is 6.92. The third kappa shape index (κ3) is 1.60. The molecule has 0 bridgehead atoms. The molecular formula is C7H15NO4. The van der Waals surface area contributed by atoms with Crippen molar-refractivity contribution in [2.75, 3.05) is 6.54 Å². The van der Waals surface area contributed by atoms with Gasteiger partial charge in [-0.2, -0.15) is 0 Å². The van der Waals surface area contributed by atoms with Gasteiger partial charge in [-0.15, -0.1) is 0 Å². The van der Waals surface area contributed by atoms with E-state index in [1.165, 1.54) is 0 Å². The number of nitrogens with two attached hydrogens (primary N) is 1. The highest BCUT2D eigenvalue weighted by Crippen LogP contribution is 2.19. The summed E-state index contributed by atoms with van der Waals surface area (Å²) in [7, 11) is 0. The summed E-state index contributed by atoms with van der Waals surface area (Å²) in [6.45, 7) is 1.76. The molecule has 5 nitrogen and oxygen atoms in total. The predicted octanol–water partition coefficient (Wildman–Crippen LogP) is -2.18. The van der Waals surface area contributed by atoms with Gasteiger partial charge >= 0.3 is 0 Å². The lowest BCUT2D eigenvalue weighted by atomic mass is 9.96. The highest BCUT2D eigenvalue weighted by molar-refractivity contribution is 4.90. The molecule has 1 rings (SSSR count). The van der Waals surface area contributed by atoms with Crippen molar-refractivity contribution in [2.24, 2.45) is 5.73 Å². The van der Waals surface area contributed by atoms with Gasteiger partial charge in [-0.05, 0) is 6.92 Å². The van der Waals surface area contributed by atoms with Crippen LogP contribution >= 0.6 is 0 Å². The quantitative estimate of drug-likeness (QED) is 0.365. The monoisotopic (exact) mass is 177 g/mol. The molecule has 12 heavy (non-hydrogen) atoms. The summed E-state index contributed by atoms with van der Waals surface area (Å²) < 4.78 is 5.15. The molecule has 0 aromatic heterocycles. The van der Waals surface area contributed by atoms with E-state index in [-0.39, 0.29) is 6.54 Å². The average Bonchev–Trinajstić information content (AvgIpc) is 2.08. The Hall–Kier alpha value is -0.200. The first kappa shape index (κ1) is 9.88. The van der Waals surface area contributed by atoms with Gasteiger partial charge in [-0.3, -0.25) is 0 Å². The number of hydrogen-bond acceptors (Lipinski definition) is 5. The van der Waals surface area contributed by atoms with Crippen LogP contribution in [0.15, 0.2) is 0 Å². The second kappa shape index (κ2) is 3.68. The van der Waals surface area contributed by atoms with Gasteiger partial charge in [0.05, 0.1) is 12.2 Å². The van der Waals surface area contributed by atoms with Crippen LogP contribution in [-0.4, -0.2) is 52.4 Å². The van der Waals surface area contributed by atoms with Crippen molar-refractivity contribution in [3.05, 3.63) is 0 Å². The van der Waals surface area contributed by atoms with Gasteiger partial charge in [0.2, 0.25) is 0 Å². The Labute approximate surface area is 70.8 Å². The van der Waals surface area contributed by atoms with E-state index in [0.717, 1.165) is 0 Å². The fourth-order valence-electron chi connectivity index (χ4n) is 1.33. The van der Waals surface area contributed by atoms with Crippen molar-refractivity contribution < 1.29 is 20.1 Å². The number of ether oxygens (including phenoxy) is 1. The lowest BCUT2D eigenvalue weighted by Crippen LogP contribution is -2.58. The minimum absolute atomic E-state index is 0.134. The molecular weight excluding hydrogens is 162 g/mol. The average molecular weight is 177 g/mol. The minimum atomic E-state index is -1.16. The lowest BCUT2D eigenvalue weighted by Gasteiger charge is -2.38.